The predicted molar refractivity (Wildman–Crippen MR) is 134 cm³/mol. The lowest BCUT2D eigenvalue weighted by molar-refractivity contribution is 0.180. The molecule has 0 radical (unpaired) electrons. The number of para-hydroxylation sites is 1. The van der Waals surface area contributed by atoms with Gasteiger partial charge in [0.15, 0.2) is 0 Å². The van der Waals surface area contributed by atoms with Crippen LogP contribution in [0, 0.1) is 18.8 Å². The number of nitrogens with zero attached hydrogens (tertiary/aromatic N) is 3. The first-order chi connectivity index (χ1) is 16.6. The van der Waals surface area contributed by atoms with E-state index in [-0.39, 0.29) is 6.10 Å². The Hall–Kier alpha value is -3.92. The summed E-state index contributed by atoms with van der Waals surface area (Å²) in [6, 6.07) is 21.7. The zero-order chi connectivity index (χ0) is 23.3. The molecule has 2 N–H and O–H groups in total. The van der Waals surface area contributed by atoms with Crippen molar-refractivity contribution in [3.8, 4) is 23.3 Å². The van der Waals surface area contributed by atoms with Gasteiger partial charge in [-0.15, -0.1) is 0 Å². The fourth-order valence-corrected chi connectivity index (χ4v) is 4.04. The van der Waals surface area contributed by atoms with E-state index in [0.29, 0.717) is 13.1 Å². The number of hydrogen-bond acceptors (Lipinski definition) is 6. The number of nitrogens with one attached hydrogen (secondary N) is 1. The molecular weight excluding hydrogens is 424 g/mol. The summed E-state index contributed by atoms with van der Waals surface area (Å²) in [4.78, 5) is 11.0. The second-order valence-corrected chi connectivity index (χ2v) is 8.45. The maximum atomic E-state index is 9.67. The van der Waals surface area contributed by atoms with Gasteiger partial charge in [0, 0.05) is 29.7 Å². The van der Waals surface area contributed by atoms with Crippen molar-refractivity contribution in [3.05, 3.63) is 84.2 Å². The number of aliphatic hydroxyl groups is 1. The number of aliphatic hydroxyl groups excluding tert-OH is 1. The van der Waals surface area contributed by atoms with Crippen LogP contribution in [0.15, 0.2) is 73.1 Å². The third kappa shape index (κ3) is 5.18. The normalized spacial score (nSPS) is 15.6. The molecule has 0 saturated carbocycles. The fourth-order valence-electron chi connectivity index (χ4n) is 4.04. The molecule has 6 nitrogen and oxygen atoms in total. The van der Waals surface area contributed by atoms with Crippen molar-refractivity contribution in [1.29, 1.82) is 0 Å². The van der Waals surface area contributed by atoms with E-state index < -0.39 is 0 Å². The quantitative estimate of drug-likeness (QED) is 0.422. The fraction of sp³-hybridized carbons (Fsp3) is 0.214. The molecule has 1 fully saturated rings. The van der Waals surface area contributed by atoms with Crippen LogP contribution in [0.4, 0.5) is 11.5 Å². The van der Waals surface area contributed by atoms with Crippen molar-refractivity contribution in [1.82, 2.24) is 14.9 Å². The molecule has 6 heteroatoms. The molecule has 2 heterocycles. The van der Waals surface area contributed by atoms with Crippen molar-refractivity contribution in [3.63, 3.8) is 0 Å². The Kier molecular flexibility index (Phi) is 6.39. The Morgan fingerprint density at radius 2 is 1.97 bits per heavy atom. The molecule has 1 aliphatic rings. The van der Waals surface area contributed by atoms with Crippen LogP contribution in [0.25, 0.3) is 10.9 Å². The van der Waals surface area contributed by atoms with Crippen LogP contribution in [-0.2, 0) is 0 Å². The molecule has 34 heavy (non-hydrogen) atoms. The summed E-state index contributed by atoms with van der Waals surface area (Å²) < 4.78 is 5.99. The minimum Gasteiger partial charge on any atom is -0.457 e. The highest BCUT2D eigenvalue weighted by atomic mass is 16.5. The van der Waals surface area contributed by atoms with Gasteiger partial charge in [0.2, 0.25) is 0 Å². The van der Waals surface area contributed by atoms with Gasteiger partial charge in [-0.2, -0.15) is 0 Å². The lowest BCUT2D eigenvalue weighted by atomic mass is 10.1. The topological polar surface area (TPSA) is 70.5 Å². The van der Waals surface area contributed by atoms with Crippen LogP contribution in [0.2, 0.25) is 0 Å². The summed E-state index contributed by atoms with van der Waals surface area (Å²) in [7, 11) is 0. The van der Waals surface area contributed by atoms with Gasteiger partial charge in [0.05, 0.1) is 18.2 Å². The molecule has 1 aromatic heterocycles. The summed E-state index contributed by atoms with van der Waals surface area (Å²) in [6.07, 6.45) is 2.16. The van der Waals surface area contributed by atoms with Crippen molar-refractivity contribution < 1.29 is 9.84 Å². The second kappa shape index (κ2) is 9.92. The molecule has 0 aliphatic carbocycles. The van der Waals surface area contributed by atoms with Gasteiger partial charge < -0.3 is 15.2 Å². The van der Waals surface area contributed by atoms with E-state index in [4.69, 9.17) is 4.74 Å². The Morgan fingerprint density at radius 1 is 1.09 bits per heavy atom. The van der Waals surface area contributed by atoms with Gasteiger partial charge in [-0.3, -0.25) is 4.90 Å². The number of likely N-dealkylation sites (tertiary alicyclic amines) is 1. The van der Waals surface area contributed by atoms with Gasteiger partial charge in [-0.1, -0.05) is 30.0 Å². The number of aryl methyl sites for hydroxylation is 1. The highest BCUT2D eigenvalue weighted by molar-refractivity contribution is 5.91. The van der Waals surface area contributed by atoms with Crippen molar-refractivity contribution >= 4 is 22.4 Å². The summed E-state index contributed by atoms with van der Waals surface area (Å²) in [5.74, 6) is 8.81. The number of β-amino-alcohol motifs (C(OH)–C–C–N with tert-alkyl or cyclic N) is 1. The molecule has 0 amide bonds. The van der Waals surface area contributed by atoms with E-state index in [1.54, 1.807) is 6.33 Å². The molecule has 0 bridgehead atoms. The van der Waals surface area contributed by atoms with Crippen LogP contribution in [0.3, 0.4) is 0 Å². The van der Waals surface area contributed by atoms with Crippen molar-refractivity contribution in [2.24, 2.45) is 0 Å². The van der Waals surface area contributed by atoms with Crippen LogP contribution in [0.1, 0.15) is 17.5 Å². The zero-order valence-electron chi connectivity index (χ0n) is 19.0. The van der Waals surface area contributed by atoms with E-state index in [0.717, 1.165) is 58.0 Å². The third-order valence-electron chi connectivity index (χ3n) is 5.83. The second-order valence-electron chi connectivity index (χ2n) is 8.45. The third-order valence-corrected chi connectivity index (χ3v) is 5.83. The lowest BCUT2D eigenvalue weighted by Crippen LogP contribution is -2.22. The molecular formula is C28H26N4O2. The number of anilines is 2. The van der Waals surface area contributed by atoms with E-state index in [2.05, 4.69) is 32.0 Å². The van der Waals surface area contributed by atoms with Crippen molar-refractivity contribution in [2.75, 3.05) is 25.0 Å². The smallest absolute Gasteiger partial charge is 0.141 e. The standard InChI is InChI=1S/C28H26N4O2/c1-20-16-22(10-12-27(20)34-24-7-3-2-4-8-24)31-28-25-17-21(9-11-26(25)29-19-30-28)6-5-14-32-15-13-23(33)18-32/h2-4,7-12,16-17,19,23,33H,13-15,18H2,1H3,(H,29,30,31). The zero-order valence-corrected chi connectivity index (χ0v) is 19.0. The van der Waals surface area contributed by atoms with Crippen LogP contribution < -0.4 is 10.1 Å². The Bertz CT molecular complexity index is 1360. The summed E-state index contributed by atoms with van der Waals surface area (Å²) >= 11 is 0. The molecule has 1 unspecified atom stereocenters. The maximum absolute atomic E-state index is 9.67. The van der Waals surface area contributed by atoms with Gasteiger partial charge in [0.1, 0.15) is 23.6 Å². The van der Waals surface area contributed by atoms with Crippen LogP contribution in [-0.4, -0.2) is 45.7 Å². The highest BCUT2D eigenvalue weighted by Gasteiger charge is 2.18. The molecule has 4 aromatic rings. The predicted octanol–water partition coefficient (Wildman–Crippen LogP) is 4.89. The number of hydrogen-bond donors (Lipinski definition) is 2. The average molecular weight is 451 g/mol. The molecule has 170 valence electrons. The van der Waals surface area contributed by atoms with Gasteiger partial charge in [-0.05, 0) is 67.4 Å². The van der Waals surface area contributed by atoms with E-state index >= 15 is 0 Å². The number of benzene rings is 3. The Labute approximate surface area is 199 Å². The number of fused-ring (bicyclic) bond motifs is 1. The maximum Gasteiger partial charge on any atom is 0.141 e. The molecule has 1 atom stereocenters. The monoisotopic (exact) mass is 450 g/mol. The Morgan fingerprint density at radius 3 is 2.76 bits per heavy atom. The van der Waals surface area contributed by atoms with Crippen LogP contribution in [0.5, 0.6) is 11.5 Å². The first-order valence-electron chi connectivity index (χ1n) is 11.4. The van der Waals surface area contributed by atoms with Crippen molar-refractivity contribution in [2.45, 2.75) is 19.4 Å². The number of aromatic nitrogens is 2. The number of ether oxygens (including phenoxy) is 1. The molecule has 1 saturated heterocycles. The van der Waals surface area contributed by atoms with E-state index in [1.807, 2.05) is 73.7 Å². The van der Waals surface area contributed by atoms with E-state index in [1.165, 1.54) is 0 Å². The Balaban J connectivity index is 1.34. The minimum atomic E-state index is -0.226. The minimum absolute atomic E-state index is 0.226. The first kappa shape index (κ1) is 21.9. The lowest BCUT2D eigenvalue weighted by Gasteiger charge is -2.12. The summed E-state index contributed by atoms with van der Waals surface area (Å²) in [5, 5.41) is 14.0. The first-order valence-corrected chi connectivity index (χ1v) is 11.4. The summed E-state index contributed by atoms with van der Waals surface area (Å²) in [6.45, 7) is 4.27. The highest BCUT2D eigenvalue weighted by Crippen LogP contribution is 2.30. The van der Waals surface area contributed by atoms with Gasteiger partial charge in [0.25, 0.3) is 0 Å². The molecule has 1 aliphatic heterocycles. The summed E-state index contributed by atoms with van der Waals surface area (Å²) in [5.41, 5.74) is 3.70. The van der Waals surface area contributed by atoms with E-state index in [9.17, 15) is 5.11 Å². The molecule has 0 spiro atoms. The molecule has 3 aromatic carbocycles. The SMILES string of the molecule is Cc1cc(Nc2ncnc3ccc(C#CCN4CCC(O)C4)cc23)ccc1Oc1ccccc1. The largest absolute Gasteiger partial charge is 0.457 e. The average Bonchev–Trinajstić information content (AvgIpc) is 3.27. The number of rotatable bonds is 5. The van der Waals surface area contributed by atoms with Gasteiger partial charge in [-0.25, -0.2) is 9.97 Å². The molecule has 5 rings (SSSR count). The van der Waals surface area contributed by atoms with Crippen LogP contribution >= 0.6 is 0 Å². The van der Waals surface area contributed by atoms with Gasteiger partial charge >= 0.3 is 0 Å².